The largest absolute Gasteiger partial charge is 0.384 e. The second-order valence-corrected chi connectivity index (χ2v) is 6.75. The number of hydrogen-bond donors (Lipinski definition) is 1. The molecule has 0 aliphatic rings. The fraction of sp³-hybridized carbons (Fsp3) is 0.167. The Labute approximate surface area is 116 Å². The number of nitrogen functional groups attached to an aromatic ring is 1. The van der Waals surface area contributed by atoms with Crippen LogP contribution in [0.2, 0.25) is 0 Å². The number of rotatable bonds is 3. The summed E-state index contributed by atoms with van der Waals surface area (Å²) in [5.74, 6) is 0.360. The minimum absolute atomic E-state index is 0.257. The van der Waals surface area contributed by atoms with Crippen molar-refractivity contribution in [3.8, 4) is 11.3 Å². The molecule has 100 valence electrons. The van der Waals surface area contributed by atoms with Crippen LogP contribution in [0, 0.1) is 0 Å². The van der Waals surface area contributed by atoms with E-state index in [1.165, 1.54) is 18.0 Å². The van der Waals surface area contributed by atoms with E-state index in [9.17, 15) is 8.42 Å². The van der Waals surface area contributed by atoms with Crippen molar-refractivity contribution in [1.82, 2.24) is 9.97 Å². The molecule has 1 aromatic carbocycles. The molecule has 0 radical (unpaired) electrons. The van der Waals surface area contributed by atoms with E-state index in [1.807, 2.05) is 6.26 Å². The normalized spacial score (nSPS) is 11.5. The summed E-state index contributed by atoms with van der Waals surface area (Å²) in [6.07, 6.45) is 3.03. The van der Waals surface area contributed by atoms with Gasteiger partial charge in [-0.05, 0) is 18.4 Å². The van der Waals surface area contributed by atoms with Crippen LogP contribution in [-0.2, 0) is 9.84 Å². The van der Waals surface area contributed by atoms with E-state index in [2.05, 4.69) is 9.97 Å². The van der Waals surface area contributed by atoms with Crippen molar-refractivity contribution >= 4 is 27.4 Å². The summed E-state index contributed by atoms with van der Waals surface area (Å²) in [7, 11) is -3.24. The quantitative estimate of drug-likeness (QED) is 0.687. The molecule has 0 amide bonds. The summed E-state index contributed by atoms with van der Waals surface area (Å²) in [5, 5.41) is 0.555. The van der Waals surface area contributed by atoms with Gasteiger partial charge in [0, 0.05) is 17.9 Å². The van der Waals surface area contributed by atoms with E-state index in [4.69, 9.17) is 5.73 Å². The number of benzene rings is 1. The lowest BCUT2D eigenvalue weighted by molar-refractivity contribution is 0.602. The molecular weight excluding hydrogens is 282 g/mol. The Morgan fingerprint density at radius 2 is 1.95 bits per heavy atom. The van der Waals surface area contributed by atoms with Gasteiger partial charge in [0.2, 0.25) is 0 Å². The van der Waals surface area contributed by atoms with E-state index >= 15 is 0 Å². The zero-order chi connectivity index (χ0) is 14.0. The van der Waals surface area contributed by atoms with Crippen molar-refractivity contribution in [2.75, 3.05) is 18.2 Å². The molecule has 0 saturated heterocycles. The van der Waals surface area contributed by atoms with E-state index < -0.39 is 9.84 Å². The topological polar surface area (TPSA) is 85.9 Å². The smallest absolute Gasteiger partial charge is 0.189 e. The summed E-state index contributed by atoms with van der Waals surface area (Å²) in [5.41, 5.74) is 7.03. The molecule has 1 heterocycles. The van der Waals surface area contributed by atoms with Crippen LogP contribution in [0.15, 0.2) is 40.4 Å². The molecule has 5 nitrogen and oxygen atoms in total. The molecule has 2 rings (SSSR count). The first kappa shape index (κ1) is 13.8. The summed E-state index contributed by atoms with van der Waals surface area (Å²) in [6.45, 7) is 0. The highest BCUT2D eigenvalue weighted by Crippen LogP contribution is 2.24. The second-order valence-electron chi connectivity index (χ2n) is 3.96. The lowest BCUT2D eigenvalue weighted by Gasteiger charge is -2.06. The monoisotopic (exact) mass is 295 g/mol. The van der Waals surface area contributed by atoms with Crippen molar-refractivity contribution in [3.05, 3.63) is 30.3 Å². The first-order valence-corrected chi connectivity index (χ1v) is 8.51. The zero-order valence-electron chi connectivity index (χ0n) is 10.5. The summed E-state index contributed by atoms with van der Waals surface area (Å²) >= 11 is 1.38. The summed E-state index contributed by atoms with van der Waals surface area (Å²) in [6, 6.07) is 8.24. The molecule has 0 bridgehead atoms. The fourth-order valence-corrected chi connectivity index (χ4v) is 2.62. The Kier molecular flexibility index (Phi) is 3.77. The predicted molar refractivity (Wildman–Crippen MR) is 76.8 cm³/mol. The van der Waals surface area contributed by atoms with Crippen LogP contribution >= 0.6 is 11.8 Å². The van der Waals surface area contributed by atoms with Gasteiger partial charge in [-0.25, -0.2) is 18.4 Å². The second kappa shape index (κ2) is 5.18. The minimum atomic E-state index is -3.24. The van der Waals surface area contributed by atoms with E-state index in [1.54, 1.807) is 30.3 Å². The molecule has 0 saturated carbocycles. The average molecular weight is 295 g/mol. The van der Waals surface area contributed by atoms with Gasteiger partial charge < -0.3 is 5.73 Å². The lowest BCUT2D eigenvalue weighted by Crippen LogP contribution is -1.99. The maximum Gasteiger partial charge on any atom is 0.189 e. The van der Waals surface area contributed by atoms with Gasteiger partial charge in [-0.15, -0.1) is 0 Å². The molecule has 0 aliphatic carbocycles. The van der Waals surface area contributed by atoms with Crippen LogP contribution < -0.4 is 5.73 Å². The molecule has 0 atom stereocenters. The fourth-order valence-electron chi connectivity index (χ4n) is 1.57. The number of thioether (sulfide) groups is 1. The summed E-state index contributed by atoms with van der Waals surface area (Å²) < 4.78 is 23.1. The Morgan fingerprint density at radius 3 is 2.58 bits per heavy atom. The van der Waals surface area contributed by atoms with E-state index in [0.717, 1.165) is 0 Å². The molecule has 0 fully saturated rings. The van der Waals surface area contributed by atoms with Crippen molar-refractivity contribution in [2.45, 2.75) is 10.1 Å². The number of anilines is 1. The van der Waals surface area contributed by atoms with Gasteiger partial charge in [0.25, 0.3) is 0 Å². The van der Waals surface area contributed by atoms with Gasteiger partial charge in [-0.2, -0.15) is 0 Å². The molecule has 19 heavy (non-hydrogen) atoms. The highest BCUT2D eigenvalue weighted by atomic mass is 32.2. The number of nitrogens with two attached hydrogens (primary N) is 1. The highest BCUT2D eigenvalue weighted by molar-refractivity contribution is 7.98. The lowest BCUT2D eigenvalue weighted by atomic mass is 10.1. The number of sulfone groups is 1. The van der Waals surface area contributed by atoms with Gasteiger partial charge in [-0.1, -0.05) is 23.9 Å². The molecule has 0 aliphatic heterocycles. The third-order valence-electron chi connectivity index (χ3n) is 2.47. The van der Waals surface area contributed by atoms with Crippen molar-refractivity contribution in [3.63, 3.8) is 0 Å². The Balaban J connectivity index is 2.56. The molecule has 0 spiro atoms. The maximum atomic E-state index is 11.5. The Bertz CT molecular complexity index is 715. The van der Waals surface area contributed by atoms with Crippen LogP contribution in [0.4, 0.5) is 5.82 Å². The molecule has 2 N–H and O–H groups in total. The van der Waals surface area contributed by atoms with Gasteiger partial charge in [-0.3, -0.25) is 0 Å². The number of hydrogen-bond acceptors (Lipinski definition) is 6. The van der Waals surface area contributed by atoms with Crippen LogP contribution in [0.1, 0.15) is 0 Å². The Hall–Kier alpha value is -1.60. The zero-order valence-corrected chi connectivity index (χ0v) is 12.1. The molecular formula is C12H13N3O2S2. The SMILES string of the molecule is CSc1nc(N)cc(-c2cccc(S(C)(=O)=O)c2)n1. The van der Waals surface area contributed by atoms with Crippen LogP contribution in [0.25, 0.3) is 11.3 Å². The van der Waals surface area contributed by atoms with Crippen molar-refractivity contribution < 1.29 is 8.42 Å². The molecule has 1 aromatic heterocycles. The minimum Gasteiger partial charge on any atom is -0.384 e. The summed E-state index contributed by atoms with van der Waals surface area (Å²) in [4.78, 5) is 8.64. The third kappa shape index (κ3) is 3.24. The van der Waals surface area contributed by atoms with Crippen molar-refractivity contribution in [2.24, 2.45) is 0 Å². The van der Waals surface area contributed by atoms with Crippen LogP contribution in [0.5, 0.6) is 0 Å². The number of aromatic nitrogens is 2. The van der Waals surface area contributed by atoms with Gasteiger partial charge in [0.1, 0.15) is 5.82 Å². The number of nitrogens with zero attached hydrogens (tertiary/aromatic N) is 2. The maximum absolute atomic E-state index is 11.5. The van der Waals surface area contributed by atoms with Crippen LogP contribution in [0.3, 0.4) is 0 Å². The van der Waals surface area contributed by atoms with Gasteiger partial charge in [0.05, 0.1) is 10.6 Å². The highest BCUT2D eigenvalue weighted by Gasteiger charge is 2.10. The van der Waals surface area contributed by atoms with E-state index in [0.29, 0.717) is 22.2 Å². The molecule has 2 aromatic rings. The Morgan fingerprint density at radius 1 is 1.21 bits per heavy atom. The molecule has 7 heteroatoms. The predicted octanol–water partition coefficient (Wildman–Crippen LogP) is 1.85. The standard InChI is InChI=1S/C12H13N3O2S2/c1-18-12-14-10(7-11(13)15-12)8-4-3-5-9(6-8)19(2,16)17/h3-7H,1-2H3,(H2,13,14,15). The average Bonchev–Trinajstić information content (AvgIpc) is 2.37. The van der Waals surface area contributed by atoms with E-state index in [-0.39, 0.29) is 4.90 Å². The first-order valence-electron chi connectivity index (χ1n) is 5.39. The molecule has 0 unspecified atom stereocenters. The van der Waals surface area contributed by atoms with Gasteiger partial charge in [0.15, 0.2) is 15.0 Å². The third-order valence-corrected chi connectivity index (χ3v) is 4.12. The van der Waals surface area contributed by atoms with Crippen LogP contribution in [-0.4, -0.2) is 30.9 Å². The van der Waals surface area contributed by atoms with Gasteiger partial charge >= 0.3 is 0 Å². The first-order chi connectivity index (χ1) is 8.90. The van der Waals surface area contributed by atoms with Crippen molar-refractivity contribution in [1.29, 1.82) is 0 Å².